The Morgan fingerprint density at radius 2 is 1.77 bits per heavy atom. The molecule has 1 aromatic heterocycles. The second-order valence-electron chi connectivity index (χ2n) is 6.22. The van der Waals surface area contributed by atoms with E-state index in [4.69, 9.17) is 0 Å². The Bertz CT molecular complexity index is 913. The first-order chi connectivity index (χ1) is 11.9. The van der Waals surface area contributed by atoms with E-state index in [0.29, 0.717) is 0 Å². The molecule has 0 saturated heterocycles. The molecule has 0 aliphatic rings. The van der Waals surface area contributed by atoms with Crippen molar-refractivity contribution in [2.24, 2.45) is 0 Å². The van der Waals surface area contributed by atoms with E-state index < -0.39 is 12.1 Å². The fourth-order valence-electron chi connectivity index (χ4n) is 3.17. The molecule has 0 spiro atoms. The molecule has 0 aliphatic carbocycles. The van der Waals surface area contributed by atoms with Crippen LogP contribution in [0.15, 0.2) is 49.1 Å². The summed E-state index contributed by atoms with van der Waals surface area (Å²) in [6, 6.07) is 8.92. The van der Waals surface area contributed by atoms with Gasteiger partial charge in [-0.1, -0.05) is 6.07 Å². The molecule has 0 unspecified atom stereocenters. The van der Waals surface area contributed by atoms with Gasteiger partial charge in [0.05, 0.1) is 12.3 Å². The zero-order chi connectivity index (χ0) is 18.1. The second-order valence-corrected chi connectivity index (χ2v) is 6.22. The van der Waals surface area contributed by atoms with E-state index in [2.05, 4.69) is 4.98 Å². The normalized spacial score (nSPS) is 11.7. The van der Waals surface area contributed by atoms with Crippen molar-refractivity contribution in [2.75, 3.05) is 0 Å². The number of rotatable bonds is 4. The van der Waals surface area contributed by atoms with Gasteiger partial charge in [0.1, 0.15) is 6.10 Å². The SMILES string of the molecule is Cc1ccc(-n2ccnc2)cc1[C@H](O)c1c(C)cc(C(=O)[O-])cc1C.[Na+]. The predicted molar refractivity (Wildman–Crippen MR) is 92.6 cm³/mol. The molecule has 0 bridgehead atoms. The largest absolute Gasteiger partial charge is 1.00 e. The zero-order valence-electron chi connectivity index (χ0n) is 15.4. The van der Waals surface area contributed by atoms with Crippen LogP contribution in [0.3, 0.4) is 0 Å². The van der Waals surface area contributed by atoms with Gasteiger partial charge < -0.3 is 19.6 Å². The van der Waals surface area contributed by atoms with E-state index in [1.54, 1.807) is 26.4 Å². The van der Waals surface area contributed by atoms with Gasteiger partial charge in [-0.3, -0.25) is 0 Å². The first kappa shape index (κ1) is 20.4. The van der Waals surface area contributed by atoms with Crippen molar-refractivity contribution >= 4 is 5.97 Å². The topological polar surface area (TPSA) is 78.2 Å². The van der Waals surface area contributed by atoms with Crippen molar-refractivity contribution in [1.82, 2.24) is 9.55 Å². The van der Waals surface area contributed by atoms with E-state index in [1.807, 2.05) is 35.9 Å². The summed E-state index contributed by atoms with van der Waals surface area (Å²) in [5.74, 6) is -1.22. The van der Waals surface area contributed by atoms with Crippen LogP contribution in [0.5, 0.6) is 0 Å². The van der Waals surface area contributed by atoms with Crippen LogP contribution in [0.2, 0.25) is 0 Å². The summed E-state index contributed by atoms with van der Waals surface area (Å²) >= 11 is 0. The molecule has 1 heterocycles. The van der Waals surface area contributed by atoms with E-state index >= 15 is 0 Å². The number of aromatic nitrogens is 2. The van der Waals surface area contributed by atoms with Gasteiger partial charge in [-0.05, 0) is 78.4 Å². The van der Waals surface area contributed by atoms with Gasteiger partial charge in [-0.25, -0.2) is 4.98 Å². The number of carbonyl (C=O) groups is 1. The summed E-state index contributed by atoms with van der Waals surface area (Å²) in [7, 11) is 0. The number of aryl methyl sites for hydroxylation is 3. The molecule has 3 aromatic rings. The van der Waals surface area contributed by atoms with Crippen LogP contribution in [-0.4, -0.2) is 20.6 Å². The Hall–Kier alpha value is -1.92. The van der Waals surface area contributed by atoms with Gasteiger partial charge in [0.15, 0.2) is 0 Å². The van der Waals surface area contributed by atoms with Gasteiger partial charge >= 0.3 is 29.6 Å². The Labute approximate surface area is 174 Å². The van der Waals surface area contributed by atoms with E-state index in [1.165, 1.54) is 12.1 Å². The van der Waals surface area contributed by atoms with Crippen LogP contribution in [0.25, 0.3) is 5.69 Å². The molecule has 128 valence electrons. The molecular formula is C20H19N2NaO3. The number of hydrogen-bond acceptors (Lipinski definition) is 4. The molecule has 2 aromatic carbocycles. The van der Waals surface area contributed by atoms with Crippen LogP contribution < -0.4 is 34.7 Å². The maximum atomic E-state index is 11.1. The maximum absolute atomic E-state index is 11.1. The smallest absolute Gasteiger partial charge is 0.545 e. The molecule has 0 amide bonds. The molecule has 0 fully saturated rings. The first-order valence-electron chi connectivity index (χ1n) is 7.98. The average molecular weight is 358 g/mol. The molecule has 0 radical (unpaired) electrons. The van der Waals surface area contributed by atoms with Gasteiger partial charge in [0, 0.05) is 18.1 Å². The van der Waals surface area contributed by atoms with Crippen molar-refractivity contribution in [3.8, 4) is 5.69 Å². The van der Waals surface area contributed by atoms with Crippen molar-refractivity contribution in [1.29, 1.82) is 0 Å². The summed E-state index contributed by atoms with van der Waals surface area (Å²) in [4.78, 5) is 15.2. The number of nitrogens with zero attached hydrogens (tertiary/aromatic N) is 2. The summed E-state index contributed by atoms with van der Waals surface area (Å²) < 4.78 is 1.87. The fraction of sp³-hybridized carbons (Fsp3) is 0.200. The quantitative estimate of drug-likeness (QED) is 0.623. The second kappa shape index (κ2) is 8.18. The summed E-state index contributed by atoms with van der Waals surface area (Å²) in [5.41, 5.74) is 4.92. The van der Waals surface area contributed by atoms with Crippen molar-refractivity contribution < 1.29 is 44.6 Å². The molecule has 3 rings (SSSR count). The predicted octanol–water partition coefficient (Wildman–Crippen LogP) is -0.753. The summed E-state index contributed by atoms with van der Waals surface area (Å²) in [6.45, 7) is 5.54. The van der Waals surface area contributed by atoms with Crippen LogP contribution in [-0.2, 0) is 0 Å². The molecule has 0 saturated carbocycles. The monoisotopic (exact) mass is 358 g/mol. The number of aliphatic hydroxyl groups excluding tert-OH is 1. The zero-order valence-corrected chi connectivity index (χ0v) is 17.4. The molecule has 1 N–H and O–H groups in total. The fourth-order valence-corrected chi connectivity index (χ4v) is 3.17. The minimum atomic E-state index is -1.22. The number of aromatic carboxylic acids is 1. The van der Waals surface area contributed by atoms with E-state index in [0.717, 1.165) is 33.5 Å². The van der Waals surface area contributed by atoms with Crippen molar-refractivity contribution in [2.45, 2.75) is 26.9 Å². The standard InChI is InChI=1S/C20H20N2O3.Na/c1-12-4-5-16(22-7-6-21-11-22)10-17(12)19(23)18-13(2)8-15(20(24)25)9-14(18)3;/h4-11,19,23H,1-3H3,(H,24,25);/q;+1/p-1/t19-;/m0./s1. The maximum Gasteiger partial charge on any atom is 1.00 e. The number of carbonyl (C=O) groups excluding carboxylic acids is 1. The van der Waals surface area contributed by atoms with E-state index in [-0.39, 0.29) is 35.1 Å². The first-order valence-corrected chi connectivity index (χ1v) is 7.98. The molecule has 6 heteroatoms. The minimum absolute atomic E-state index is 0. The van der Waals surface area contributed by atoms with Crippen LogP contribution in [0, 0.1) is 20.8 Å². The molecule has 1 atom stereocenters. The molecule has 0 aliphatic heterocycles. The number of hydrogen-bond donors (Lipinski definition) is 1. The number of carboxylic acids is 1. The van der Waals surface area contributed by atoms with E-state index in [9.17, 15) is 15.0 Å². The molecule has 5 nitrogen and oxygen atoms in total. The number of carboxylic acid groups (broad SMARTS) is 1. The third kappa shape index (κ3) is 3.91. The molecular weight excluding hydrogens is 339 g/mol. The van der Waals surface area contributed by atoms with Crippen molar-refractivity contribution in [3.63, 3.8) is 0 Å². The van der Waals surface area contributed by atoms with Crippen LogP contribution >= 0.6 is 0 Å². The van der Waals surface area contributed by atoms with Crippen LogP contribution in [0.4, 0.5) is 0 Å². The Balaban J connectivity index is 0.00000243. The Morgan fingerprint density at radius 3 is 2.31 bits per heavy atom. The third-order valence-corrected chi connectivity index (χ3v) is 4.46. The van der Waals surface area contributed by atoms with Gasteiger partial charge in [-0.2, -0.15) is 0 Å². The third-order valence-electron chi connectivity index (χ3n) is 4.46. The number of benzene rings is 2. The van der Waals surface area contributed by atoms with Gasteiger partial charge in [0.2, 0.25) is 0 Å². The van der Waals surface area contributed by atoms with Gasteiger partial charge in [-0.15, -0.1) is 0 Å². The summed E-state index contributed by atoms with van der Waals surface area (Å²) in [5, 5.41) is 22.1. The minimum Gasteiger partial charge on any atom is -0.545 e. The number of imidazole rings is 1. The summed E-state index contributed by atoms with van der Waals surface area (Å²) in [6.07, 6.45) is 4.39. The van der Waals surface area contributed by atoms with Crippen LogP contribution in [0.1, 0.15) is 44.3 Å². The average Bonchev–Trinajstić information content (AvgIpc) is 3.08. The van der Waals surface area contributed by atoms with Gasteiger partial charge in [0.25, 0.3) is 0 Å². The Morgan fingerprint density at radius 1 is 1.12 bits per heavy atom. The Kier molecular flexibility index (Phi) is 6.42. The van der Waals surface area contributed by atoms with Crippen molar-refractivity contribution in [3.05, 3.63) is 82.4 Å². The number of aliphatic hydroxyl groups is 1. The molecule has 26 heavy (non-hydrogen) atoms.